The molecule has 2 rings (SSSR count). The van der Waals surface area contributed by atoms with Gasteiger partial charge in [-0.2, -0.15) is 5.26 Å². The summed E-state index contributed by atoms with van der Waals surface area (Å²) >= 11 is 0. The van der Waals surface area contributed by atoms with E-state index in [1.54, 1.807) is 37.4 Å². The number of ether oxygens (including phenoxy) is 1. The molecule has 23 heavy (non-hydrogen) atoms. The maximum absolute atomic E-state index is 11.7. The fourth-order valence-corrected chi connectivity index (χ4v) is 2.59. The van der Waals surface area contributed by atoms with Crippen molar-refractivity contribution >= 4 is 5.97 Å². The van der Waals surface area contributed by atoms with Crippen LogP contribution in [0.5, 0.6) is 5.75 Å². The highest BCUT2D eigenvalue weighted by atomic mass is 16.5. The molecule has 0 saturated carbocycles. The number of benzene rings is 2. The first-order chi connectivity index (χ1) is 11.1. The van der Waals surface area contributed by atoms with E-state index in [9.17, 15) is 9.90 Å². The van der Waals surface area contributed by atoms with Crippen LogP contribution in [-0.4, -0.2) is 18.2 Å². The van der Waals surface area contributed by atoms with Gasteiger partial charge in [-0.1, -0.05) is 31.2 Å². The monoisotopic (exact) mass is 309 g/mol. The van der Waals surface area contributed by atoms with Gasteiger partial charge in [0.25, 0.3) is 0 Å². The van der Waals surface area contributed by atoms with Crippen molar-refractivity contribution in [2.45, 2.75) is 25.7 Å². The molecule has 0 heterocycles. The highest BCUT2D eigenvalue weighted by Gasteiger charge is 2.21. The van der Waals surface area contributed by atoms with E-state index in [0.717, 1.165) is 28.9 Å². The van der Waals surface area contributed by atoms with Crippen LogP contribution in [0.3, 0.4) is 0 Å². The topological polar surface area (TPSA) is 70.3 Å². The van der Waals surface area contributed by atoms with E-state index < -0.39 is 11.9 Å². The van der Waals surface area contributed by atoms with Crippen LogP contribution in [0.2, 0.25) is 0 Å². The summed E-state index contributed by atoms with van der Waals surface area (Å²) in [5.41, 5.74) is 3.22. The first-order valence-corrected chi connectivity index (χ1v) is 7.47. The van der Waals surface area contributed by atoms with Gasteiger partial charge in [-0.25, -0.2) is 0 Å². The molecule has 1 unspecified atom stereocenters. The van der Waals surface area contributed by atoms with Gasteiger partial charge in [0.2, 0.25) is 0 Å². The Balaban J connectivity index is 2.31. The third-order valence-electron chi connectivity index (χ3n) is 3.91. The van der Waals surface area contributed by atoms with E-state index in [4.69, 9.17) is 10.00 Å². The van der Waals surface area contributed by atoms with Crippen LogP contribution in [-0.2, 0) is 17.6 Å². The molecule has 2 aromatic carbocycles. The van der Waals surface area contributed by atoms with Crippen molar-refractivity contribution in [2.75, 3.05) is 7.11 Å². The Labute approximate surface area is 136 Å². The maximum Gasteiger partial charge on any atom is 0.311 e. The standard InChI is InChI=1S/C19H19NO3/c1-3-15-11-16(8-9-18(15)23-2)17(19(21)22)10-13-4-6-14(12-20)7-5-13/h4-9,11,17H,3,10H2,1-2H3,(H,21,22). The Kier molecular flexibility index (Phi) is 5.37. The fraction of sp³-hybridized carbons (Fsp3) is 0.263. The second-order valence-electron chi connectivity index (χ2n) is 5.33. The highest BCUT2D eigenvalue weighted by molar-refractivity contribution is 5.76. The third-order valence-corrected chi connectivity index (χ3v) is 3.91. The molecular weight excluding hydrogens is 290 g/mol. The minimum Gasteiger partial charge on any atom is -0.496 e. The summed E-state index contributed by atoms with van der Waals surface area (Å²) in [6.45, 7) is 2.01. The minimum atomic E-state index is -0.860. The van der Waals surface area contributed by atoms with Crippen molar-refractivity contribution in [1.82, 2.24) is 0 Å². The second-order valence-corrected chi connectivity index (χ2v) is 5.33. The summed E-state index contributed by atoms with van der Waals surface area (Å²) in [7, 11) is 1.61. The Morgan fingerprint density at radius 3 is 2.48 bits per heavy atom. The van der Waals surface area contributed by atoms with Crippen molar-refractivity contribution < 1.29 is 14.6 Å². The van der Waals surface area contributed by atoms with Crippen LogP contribution in [0.4, 0.5) is 0 Å². The van der Waals surface area contributed by atoms with Crippen molar-refractivity contribution in [1.29, 1.82) is 5.26 Å². The second kappa shape index (κ2) is 7.46. The molecule has 0 spiro atoms. The van der Waals surface area contributed by atoms with E-state index >= 15 is 0 Å². The average Bonchev–Trinajstić information content (AvgIpc) is 2.59. The lowest BCUT2D eigenvalue weighted by atomic mass is 9.90. The zero-order chi connectivity index (χ0) is 16.8. The van der Waals surface area contributed by atoms with E-state index in [1.807, 2.05) is 19.1 Å². The van der Waals surface area contributed by atoms with E-state index in [2.05, 4.69) is 6.07 Å². The lowest BCUT2D eigenvalue weighted by Gasteiger charge is -2.16. The van der Waals surface area contributed by atoms with Crippen LogP contribution in [0.1, 0.15) is 35.1 Å². The number of carboxylic acid groups (broad SMARTS) is 1. The van der Waals surface area contributed by atoms with E-state index in [0.29, 0.717) is 12.0 Å². The zero-order valence-electron chi connectivity index (χ0n) is 13.2. The predicted molar refractivity (Wildman–Crippen MR) is 87.6 cm³/mol. The predicted octanol–water partition coefficient (Wildman–Crippen LogP) is 3.54. The molecule has 4 nitrogen and oxygen atoms in total. The third kappa shape index (κ3) is 3.89. The van der Waals surface area contributed by atoms with Gasteiger partial charge in [-0.3, -0.25) is 4.79 Å². The number of hydrogen-bond donors (Lipinski definition) is 1. The lowest BCUT2D eigenvalue weighted by molar-refractivity contribution is -0.138. The molecule has 0 fully saturated rings. The number of nitrogens with zero attached hydrogens (tertiary/aromatic N) is 1. The lowest BCUT2D eigenvalue weighted by Crippen LogP contribution is -2.15. The summed E-state index contributed by atoms with van der Waals surface area (Å²) < 4.78 is 5.30. The first-order valence-electron chi connectivity index (χ1n) is 7.47. The normalized spacial score (nSPS) is 11.5. The Bertz CT molecular complexity index is 729. The van der Waals surface area contributed by atoms with E-state index in [-0.39, 0.29) is 0 Å². The number of carboxylic acids is 1. The summed E-state index contributed by atoms with van der Waals surface area (Å²) in [6.07, 6.45) is 1.16. The SMILES string of the molecule is CCc1cc(C(Cc2ccc(C#N)cc2)C(=O)O)ccc1OC. The van der Waals surface area contributed by atoms with Crippen molar-refractivity contribution in [3.05, 3.63) is 64.7 Å². The summed E-state index contributed by atoms with van der Waals surface area (Å²) in [5.74, 6) is -0.709. The maximum atomic E-state index is 11.7. The van der Waals surface area contributed by atoms with Crippen molar-refractivity contribution in [3.8, 4) is 11.8 Å². The molecule has 118 valence electrons. The van der Waals surface area contributed by atoms with Gasteiger partial charge < -0.3 is 9.84 Å². The fourth-order valence-electron chi connectivity index (χ4n) is 2.59. The number of nitriles is 1. The van der Waals surface area contributed by atoms with Gasteiger partial charge in [0.1, 0.15) is 5.75 Å². The number of rotatable bonds is 6. The van der Waals surface area contributed by atoms with Crippen molar-refractivity contribution in [3.63, 3.8) is 0 Å². The van der Waals surface area contributed by atoms with Crippen molar-refractivity contribution in [2.24, 2.45) is 0 Å². The highest BCUT2D eigenvalue weighted by Crippen LogP contribution is 2.27. The Morgan fingerprint density at radius 1 is 1.26 bits per heavy atom. The molecule has 1 atom stereocenters. The van der Waals surface area contributed by atoms with E-state index in [1.165, 1.54) is 0 Å². The molecule has 0 aliphatic rings. The number of aryl methyl sites for hydroxylation is 1. The molecule has 0 aromatic heterocycles. The van der Waals surface area contributed by atoms with Crippen LogP contribution in [0.15, 0.2) is 42.5 Å². The molecule has 0 radical (unpaired) electrons. The van der Waals surface area contributed by atoms with Gasteiger partial charge in [0.15, 0.2) is 0 Å². The molecule has 0 bridgehead atoms. The van der Waals surface area contributed by atoms with Gasteiger partial charge in [0, 0.05) is 0 Å². The summed E-state index contributed by atoms with van der Waals surface area (Å²) in [4.78, 5) is 11.7. The zero-order valence-corrected chi connectivity index (χ0v) is 13.2. The quantitative estimate of drug-likeness (QED) is 0.886. The average molecular weight is 309 g/mol. The molecule has 4 heteroatoms. The Morgan fingerprint density at radius 2 is 1.96 bits per heavy atom. The Hall–Kier alpha value is -2.80. The number of carbonyl (C=O) groups is 1. The number of aliphatic carboxylic acids is 1. The molecule has 1 N–H and O–H groups in total. The largest absolute Gasteiger partial charge is 0.496 e. The summed E-state index contributed by atoms with van der Waals surface area (Å²) in [5, 5.41) is 18.4. The molecule has 0 amide bonds. The van der Waals surface area contributed by atoms with Gasteiger partial charge in [-0.05, 0) is 47.7 Å². The van der Waals surface area contributed by atoms with Gasteiger partial charge in [0.05, 0.1) is 24.7 Å². The minimum absolute atomic E-state index is 0.385. The molecule has 0 saturated heterocycles. The van der Waals surface area contributed by atoms with Crippen LogP contribution >= 0.6 is 0 Å². The van der Waals surface area contributed by atoms with Crippen LogP contribution in [0.25, 0.3) is 0 Å². The van der Waals surface area contributed by atoms with Gasteiger partial charge in [-0.15, -0.1) is 0 Å². The summed E-state index contributed by atoms with van der Waals surface area (Å²) in [6, 6.07) is 14.6. The molecule has 0 aliphatic carbocycles. The molecular formula is C19H19NO3. The molecule has 0 aliphatic heterocycles. The smallest absolute Gasteiger partial charge is 0.311 e. The van der Waals surface area contributed by atoms with Gasteiger partial charge >= 0.3 is 5.97 Å². The number of hydrogen-bond acceptors (Lipinski definition) is 3. The molecule has 2 aromatic rings. The number of methoxy groups -OCH3 is 1. The first kappa shape index (κ1) is 16.6. The van der Waals surface area contributed by atoms with Crippen LogP contribution in [0, 0.1) is 11.3 Å². The van der Waals surface area contributed by atoms with Crippen LogP contribution < -0.4 is 4.74 Å².